The molecule has 1 aliphatic carbocycles. The molecule has 26 heavy (non-hydrogen) atoms. The molecule has 0 heterocycles. The normalized spacial score (nSPS) is 26.0. The summed E-state index contributed by atoms with van der Waals surface area (Å²) in [6.07, 6.45) is 2.14. The fraction of sp³-hybridized carbons (Fsp3) is 0.579. The molecule has 3 unspecified atom stereocenters. The van der Waals surface area contributed by atoms with Crippen LogP contribution >= 0.6 is 24.3 Å². The highest BCUT2D eigenvalue weighted by molar-refractivity contribution is 8.10. The van der Waals surface area contributed by atoms with Gasteiger partial charge in [-0.25, -0.2) is 0 Å². The minimum absolute atomic E-state index is 0.0259. The van der Waals surface area contributed by atoms with Gasteiger partial charge < -0.3 is 20.4 Å². The van der Waals surface area contributed by atoms with E-state index < -0.39 is 11.5 Å². The predicted octanol–water partition coefficient (Wildman–Crippen LogP) is 3.72. The number of ether oxygens (including phenoxy) is 1. The van der Waals surface area contributed by atoms with Gasteiger partial charge in [-0.2, -0.15) is 0 Å². The van der Waals surface area contributed by atoms with Crippen LogP contribution in [0.15, 0.2) is 24.3 Å². The second kappa shape index (κ2) is 8.15. The molecule has 0 aliphatic heterocycles. The van der Waals surface area contributed by atoms with E-state index >= 15 is 0 Å². The van der Waals surface area contributed by atoms with Crippen molar-refractivity contribution < 1.29 is 13.7 Å². The fourth-order valence-electron chi connectivity index (χ4n) is 4.00. The van der Waals surface area contributed by atoms with Crippen molar-refractivity contribution in [2.75, 3.05) is 0 Å². The molecule has 4 N–H and O–H groups in total. The van der Waals surface area contributed by atoms with Crippen LogP contribution in [0, 0.1) is 17.8 Å². The van der Waals surface area contributed by atoms with Gasteiger partial charge in [0.05, 0.1) is 6.04 Å². The summed E-state index contributed by atoms with van der Waals surface area (Å²) in [6.45, 7) is 8.26. The summed E-state index contributed by atoms with van der Waals surface area (Å²) in [4.78, 5) is 12.7. The van der Waals surface area contributed by atoms with Crippen molar-refractivity contribution >= 4 is 34.6 Å². The third-order valence-electron chi connectivity index (χ3n) is 4.95. The smallest absolute Gasteiger partial charge is 0.254 e. The molecule has 1 aromatic rings. The molecule has 0 saturated heterocycles. The Bertz CT molecular complexity index is 681. The summed E-state index contributed by atoms with van der Waals surface area (Å²) < 4.78 is 11.2. The molecule has 0 spiro atoms. The average molecular weight is 397 g/mol. The van der Waals surface area contributed by atoms with E-state index in [1.165, 1.54) is 0 Å². The number of carbonyl (C=O) groups is 1. The molecule has 1 fully saturated rings. The predicted molar refractivity (Wildman–Crippen MR) is 110 cm³/mol. The van der Waals surface area contributed by atoms with Gasteiger partial charge in [-0.05, 0) is 60.9 Å². The van der Waals surface area contributed by atoms with E-state index in [1.807, 2.05) is 38.1 Å². The summed E-state index contributed by atoms with van der Waals surface area (Å²) in [6, 6.07) is 6.89. The quantitative estimate of drug-likeness (QED) is 0.579. The van der Waals surface area contributed by atoms with Gasteiger partial charge in [0, 0.05) is 0 Å². The molecule has 7 heteroatoms. The van der Waals surface area contributed by atoms with E-state index in [0.29, 0.717) is 12.2 Å². The largest absolute Gasteiger partial charge is 0.468 e. The van der Waals surface area contributed by atoms with Gasteiger partial charge in [0.15, 0.2) is 0 Å². The van der Waals surface area contributed by atoms with Gasteiger partial charge in [0.2, 0.25) is 5.12 Å². The minimum Gasteiger partial charge on any atom is -0.468 e. The van der Waals surface area contributed by atoms with E-state index in [4.69, 9.17) is 32.6 Å². The second-order valence-electron chi connectivity index (χ2n) is 8.19. The third-order valence-corrected chi connectivity index (χ3v) is 5.73. The first kappa shape index (κ1) is 21.0. The van der Waals surface area contributed by atoms with Gasteiger partial charge >= 0.3 is 0 Å². The van der Waals surface area contributed by atoms with Crippen molar-refractivity contribution in [1.82, 2.24) is 0 Å². The first-order valence-electron chi connectivity index (χ1n) is 8.68. The zero-order valence-electron chi connectivity index (χ0n) is 15.8. The van der Waals surface area contributed by atoms with Crippen molar-refractivity contribution in [3.05, 3.63) is 29.8 Å². The highest BCUT2D eigenvalue weighted by atomic mass is 32.2. The SMILES string of the molecule is Cc1ccccc1OSC(=O)C(N)C1(C)CC(OC(N)=S)CC(C)(C)C1. The molecule has 2 rings (SSSR count). The zero-order chi connectivity index (χ0) is 19.5. The molecule has 0 radical (unpaired) electrons. The van der Waals surface area contributed by atoms with Crippen LogP contribution < -0.4 is 15.7 Å². The van der Waals surface area contributed by atoms with E-state index in [0.717, 1.165) is 30.4 Å². The van der Waals surface area contributed by atoms with Crippen molar-refractivity contribution in [3.8, 4) is 5.75 Å². The Morgan fingerprint density at radius 3 is 2.58 bits per heavy atom. The van der Waals surface area contributed by atoms with E-state index in [2.05, 4.69) is 13.8 Å². The Morgan fingerprint density at radius 1 is 1.31 bits per heavy atom. The molecule has 144 valence electrons. The number of hydrogen-bond donors (Lipinski definition) is 2. The minimum atomic E-state index is -0.673. The van der Waals surface area contributed by atoms with Crippen LogP contribution in [0.25, 0.3) is 0 Å². The maximum atomic E-state index is 12.7. The summed E-state index contributed by atoms with van der Waals surface area (Å²) >= 11 is 5.69. The Labute approximate surface area is 165 Å². The van der Waals surface area contributed by atoms with E-state index in [-0.39, 0.29) is 21.8 Å². The highest BCUT2D eigenvalue weighted by Gasteiger charge is 2.48. The van der Waals surface area contributed by atoms with Crippen molar-refractivity contribution in [2.24, 2.45) is 22.3 Å². The average Bonchev–Trinajstić information content (AvgIpc) is 2.50. The first-order valence-corrected chi connectivity index (χ1v) is 9.83. The first-order chi connectivity index (χ1) is 12.0. The van der Waals surface area contributed by atoms with Crippen LogP contribution in [0.5, 0.6) is 5.75 Å². The fourth-order valence-corrected chi connectivity index (χ4v) is 4.89. The van der Waals surface area contributed by atoms with Crippen LogP contribution in [0.2, 0.25) is 0 Å². The standard InChI is InChI=1S/C19H28N2O3S2/c1-12-7-5-6-8-14(12)24-26-16(22)15(20)19(4)10-13(23-17(21)25)9-18(2,3)11-19/h5-8,13,15H,9-11,20H2,1-4H3,(H2,21,25). The van der Waals surface area contributed by atoms with Crippen LogP contribution in [0.4, 0.5) is 0 Å². The Hall–Kier alpha value is -1.31. The van der Waals surface area contributed by atoms with Crippen molar-refractivity contribution in [2.45, 2.75) is 59.1 Å². The number of thiocarbonyl (C=S) groups is 1. The molecular weight excluding hydrogens is 368 g/mol. The lowest BCUT2D eigenvalue weighted by Gasteiger charge is -2.48. The molecule has 1 aromatic carbocycles. The Kier molecular flexibility index (Phi) is 6.58. The number of carbonyl (C=O) groups excluding carboxylic acids is 1. The molecule has 5 nitrogen and oxygen atoms in total. The second-order valence-corrected chi connectivity index (χ2v) is 9.33. The lowest BCUT2D eigenvalue weighted by atomic mass is 9.61. The summed E-state index contributed by atoms with van der Waals surface area (Å²) in [7, 11) is 0. The van der Waals surface area contributed by atoms with Crippen LogP contribution in [-0.2, 0) is 9.53 Å². The molecule has 0 amide bonds. The van der Waals surface area contributed by atoms with E-state index in [1.54, 1.807) is 0 Å². The maximum Gasteiger partial charge on any atom is 0.254 e. The van der Waals surface area contributed by atoms with Crippen LogP contribution in [0.3, 0.4) is 0 Å². The molecule has 1 saturated carbocycles. The monoisotopic (exact) mass is 396 g/mol. The molecule has 1 aliphatic rings. The number of benzene rings is 1. The number of nitrogens with two attached hydrogens (primary N) is 2. The van der Waals surface area contributed by atoms with Gasteiger partial charge in [-0.3, -0.25) is 4.79 Å². The molecule has 0 bridgehead atoms. The number of para-hydroxylation sites is 1. The van der Waals surface area contributed by atoms with Crippen LogP contribution in [0.1, 0.15) is 45.6 Å². The Balaban J connectivity index is 2.07. The maximum absolute atomic E-state index is 12.7. The molecule has 0 aromatic heterocycles. The number of rotatable bonds is 5. The van der Waals surface area contributed by atoms with Crippen LogP contribution in [-0.4, -0.2) is 22.4 Å². The van der Waals surface area contributed by atoms with Gasteiger partial charge in [0.1, 0.15) is 23.9 Å². The molecule has 3 atom stereocenters. The Morgan fingerprint density at radius 2 is 1.96 bits per heavy atom. The highest BCUT2D eigenvalue weighted by Crippen LogP contribution is 2.49. The number of hydrogen-bond acceptors (Lipinski definition) is 6. The summed E-state index contributed by atoms with van der Waals surface area (Å²) in [5.74, 6) is 0.668. The van der Waals surface area contributed by atoms with Gasteiger partial charge in [0.25, 0.3) is 5.17 Å². The molecular formula is C19H28N2O3S2. The summed E-state index contributed by atoms with van der Waals surface area (Å²) in [5.41, 5.74) is 12.4. The van der Waals surface area contributed by atoms with Crippen molar-refractivity contribution in [3.63, 3.8) is 0 Å². The zero-order valence-corrected chi connectivity index (χ0v) is 17.4. The third kappa shape index (κ3) is 5.34. The van der Waals surface area contributed by atoms with Gasteiger partial charge in [-0.15, -0.1) is 0 Å². The van der Waals surface area contributed by atoms with Crippen molar-refractivity contribution in [1.29, 1.82) is 0 Å². The summed E-state index contributed by atoms with van der Waals surface area (Å²) in [5, 5.41) is -0.158. The van der Waals surface area contributed by atoms with Gasteiger partial charge in [-0.1, -0.05) is 39.0 Å². The lowest BCUT2D eigenvalue weighted by Crippen LogP contribution is -2.52. The van der Waals surface area contributed by atoms with E-state index in [9.17, 15) is 4.79 Å². The number of aryl methyl sites for hydroxylation is 1. The lowest BCUT2D eigenvalue weighted by molar-refractivity contribution is -0.117. The topological polar surface area (TPSA) is 87.6 Å².